The first kappa shape index (κ1) is 17.4. The number of fused-ring (bicyclic) bond motifs is 1. The molecule has 0 saturated carbocycles. The normalized spacial score (nSPS) is 14.5. The van der Waals surface area contributed by atoms with Gasteiger partial charge in [-0.1, -0.05) is 29.8 Å². The molecule has 2 heterocycles. The summed E-state index contributed by atoms with van der Waals surface area (Å²) in [5.41, 5.74) is 4.82. The van der Waals surface area contributed by atoms with E-state index >= 15 is 0 Å². The fourth-order valence-electron chi connectivity index (χ4n) is 3.61. The highest BCUT2D eigenvalue weighted by atomic mass is 16.6. The Bertz CT molecular complexity index is 997. The first-order chi connectivity index (χ1) is 13.1. The quantitative estimate of drug-likeness (QED) is 0.520. The van der Waals surface area contributed by atoms with Crippen molar-refractivity contribution in [1.29, 1.82) is 0 Å². The molecule has 138 valence electrons. The number of nitrogens with zero attached hydrogens (tertiary/aromatic N) is 3. The van der Waals surface area contributed by atoms with Gasteiger partial charge < -0.3 is 9.64 Å². The zero-order valence-electron chi connectivity index (χ0n) is 15.2. The molecule has 0 radical (unpaired) electrons. The molecule has 27 heavy (non-hydrogen) atoms. The minimum absolute atomic E-state index is 0.0723. The Hall–Kier alpha value is -2.99. The van der Waals surface area contributed by atoms with E-state index in [1.165, 1.54) is 6.20 Å². The van der Waals surface area contributed by atoms with Gasteiger partial charge in [0.05, 0.1) is 23.7 Å². The molecule has 1 aromatic heterocycles. The van der Waals surface area contributed by atoms with Crippen molar-refractivity contribution in [3.8, 4) is 0 Å². The van der Waals surface area contributed by atoms with Crippen LogP contribution >= 0.6 is 0 Å². The van der Waals surface area contributed by atoms with Gasteiger partial charge in [-0.15, -0.1) is 0 Å². The van der Waals surface area contributed by atoms with E-state index in [0.717, 1.165) is 40.8 Å². The van der Waals surface area contributed by atoms with Gasteiger partial charge in [-0.05, 0) is 30.7 Å². The van der Waals surface area contributed by atoms with Crippen LogP contribution in [0.25, 0.3) is 10.9 Å². The number of hydrogen-bond donors (Lipinski definition) is 0. The van der Waals surface area contributed by atoms with Gasteiger partial charge in [0.1, 0.15) is 6.20 Å². The molecule has 6 nitrogen and oxygen atoms in total. The van der Waals surface area contributed by atoms with Crippen LogP contribution in [0.5, 0.6) is 0 Å². The molecular formula is C21H21N3O3. The third kappa shape index (κ3) is 3.61. The monoisotopic (exact) mass is 363 g/mol. The average Bonchev–Trinajstić information content (AvgIpc) is 2.68. The smallest absolute Gasteiger partial charge is 0.291 e. The standard InChI is InChI=1S/C21H21N3O3/c1-15-3-2-4-16(11-15)12-19-18-13-17(23-7-9-27-10-8-23)5-6-20(18)22-14-21(19)24(25)26/h2-6,11,13-14H,7-10,12H2,1H3. The number of rotatable bonds is 4. The number of anilines is 1. The van der Waals surface area contributed by atoms with Crippen molar-refractivity contribution in [3.63, 3.8) is 0 Å². The minimum Gasteiger partial charge on any atom is -0.378 e. The largest absolute Gasteiger partial charge is 0.378 e. The van der Waals surface area contributed by atoms with Crippen molar-refractivity contribution in [2.24, 2.45) is 0 Å². The number of aryl methyl sites for hydroxylation is 1. The Morgan fingerprint density at radius 3 is 2.74 bits per heavy atom. The van der Waals surface area contributed by atoms with Gasteiger partial charge in [-0.25, -0.2) is 4.98 Å². The summed E-state index contributed by atoms with van der Waals surface area (Å²) in [6, 6.07) is 14.1. The number of nitro groups is 1. The van der Waals surface area contributed by atoms with Crippen LogP contribution in [0.2, 0.25) is 0 Å². The molecule has 4 rings (SSSR count). The van der Waals surface area contributed by atoms with Gasteiger partial charge in [0.25, 0.3) is 5.69 Å². The SMILES string of the molecule is Cc1cccc(Cc2c([N+](=O)[O-])cnc3ccc(N4CCOCC4)cc23)c1. The summed E-state index contributed by atoms with van der Waals surface area (Å²) in [4.78, 5) is 17.9. The Balaban J connectivity index is 1.84. The maximum Gasteiger partial charge on any atom is 0.291 e. The summed E-state index contributed by atoms with van der Waals surface area (Å²) in [6.07, 6.45) is 1.88. The number of aromatic nitrogens is 1. The molecule has 0 spiro atoms. The highest BCUT2D eigenvalue weighted by molar-refractivity contribution is 5.88. The van der Waals surface area contributed by atoms with Crippen LogP contribution in [0.1, 0.15) is 16.7 Å². The molecule has 1 fully saturated rings. The van der Waals surface area contributed by atoms with Gasteiger partial charge in [-0.3, -0.25) is 10.1 Å². The molecule has 0 bridgehead atoms. The van der Waals surface area contributed by atoms with Crippen LogP contribution in [0.4, 0.5) is 11.4 Å². The van der Waals surface area contributed by atoms with Crippen LogP contribution < -0.4 is 4.90 Å². The lowest BCUT2D eigenvalue weighted by atomic mass is 9.98. The highest BCUT2D eigenvalue weighted by Crippen LogP contribution is 2.31. The Labute approximate surface area is 157 Å². The second-order valence-corrected chi connectivity index (χ2v) is 6.85. The average molecular weight is 363 g/mol. The van der Waals surface area contributed by atoms with Crippen molar-refractivity contribution in [2.45, 2.75) is 13.3 Å². The number of ether oxygens (including phenoxy) is 1. The summed E-state index contributed by atoms with van der Waals surface area (Å²) >= 11 is 0. The number of hydrogen-bond acceptors (Lipinski definition) is 5. The Morgan fingerprint density at radius 1 is 1.19 bits per heavy atom. The molecule has 0 atom stereocenters. The molecular weight excluding hydrogens is 342 g/mol. The van der Waals surface area contributed by atoms with Crippen LogP contribution in [0.15, 0.2) is 48.7 Å². The van der Waals surface area contributed by atoms with E-state index in [1.807, 2.05) is 43.3 Å². The third-order valence-corrected chi connectivity index (χ3v) is 4.98. The summed E-state index contributed by atoms with van der Waals surface area (Å²) in [5.74, 6) is 0. The van der Waals surface area contributed by atoms with E-state index in [4.69, 9.17) is 4.74 Å². The van der Waals surface area contributed by atoms with Crippen LogP contribution in [0.3, 0.4) is 0 Å². The fourth-order valence-corrected chi connectivity index (χ4v) is 3.61. The molecule has 0 unspecified atom stereocenters. The van der Waals surface area contributed by atoms with E-state index < -0.39 is 0 Å². The molecule has 0 amide bonds. The van der Waals surface area contributed by atoms with Crippen LogP contribution in [0, 0.1) is 17.0 Å². The van der Waals surface area contributed by atoms with Crippen LogP contribution in [-0.2, 0) is 11.2 Å². The van der Waals surface area contributed by atoms with Gasteiger partial charge in [0.15, 0.2) is 0 Å². The van der Waals surface area contributed by atoms with Gasteiger partial charge in [0.2, 0.25) is 0 Å². The van der Waals surface area contributed by atoms with Gasteiger partial charge in [0, 0.05) is 36.1 Å². The molecule has 0 N–H and O–H groups in total. The van der Waals surface area contributed by atoms with E-state index in [9.17, 15) is 10.1 Å². The minimum atomic E-state index is -0.334. The molecule has 0 aliphatic carbocycles. The van der Waals surface area contributed by atoms with Crippen molar-refractivity contribution in [3.05, 3.63) is 75.5 Å². The second kappa shape index (κ2) is 7.32. The molecule has 6 heteroatoms. The summed E-state index contributed by atoms with van der Waals surface area (Å²) in [5, 5.41) is 12.5. The van der Waals surface area contributed by atoms with Gasteiger partial charge in [-0.2, -0.15) is 0 Å². The first-order valence-electron chi connectivity index (χ1n) is 9.06. The maximum atomic E-state index is 11.6. The zero-order chi connectivity index (χ0) is 18.8. The fraction of sp³-hybridized carbons (Fsp3) is 0.286. The van der Waals surface area contributed by atoms with Crippen molar-refractivity contribution >= 4 is 22.3 Å². The Kier molecular flexibility index (Phi) is 4.73. The number of benzene rings is 2. The first-order valence-corrected chi connectivity index (χ1v) is 9.06. The third-order valence-electron chi connectivity index (χ3n) is 4.98. The lowest BCUT2D eigenvalue weighted by Crippen LogP contribution is -2.36. The molecule has 2 aromatic carbocycles. The molecule has 1 saturated heterocycles. The van der Waals surface area contributed by atoms with E-state index in [-0.39, 0.29) is 10.6 Å². The summed E-state index contributed by atoms with van der Waals surface area (Å²) in [7, 11) is 0. The predicted octanol–water partition coefficient (Wildman–Crippen LogP) is 3.88. The van der Waals surface area contributed by atoms with Crippen LogP contribution in [-0.4, -0.2) is 36.2 Å². The van der Waals surface area contributed by atoms with Gasteiger partial charge >= 0.3 is 0 Å². The molecule has 1 aliphatic heterocycles. The Morgan fingerprint density at radius 2 is 2.00 bits per heavy atom. The van der Waals surface area contributed by atoms with Crippen molar-refractivity contribution < 1.29 is 9.66 Å². The number of pyridine rings is 1. The maximum absolute atomic E-state index is 11.6. The van der Waals surface area contributed by atoms with Crippen molar-refractivity contribution in [1.82, 2.24) is 4.98 Å². The lowest BCUT2D eigenvalue weighted by Gasteiger charge is -2.29. The number of morpholine rings is 1. The molecule has 1 aliphatic rings. The topological polar surface area (TPSA) is 68.5 Å². The summed E-state index contributed by atoms with van der Waals surface area (Å²) in [6.45, 7) is 5.06. The highest BCUT2D eigenvalue weighted by Gasteiger charge is 2.20. The van der Waals surface area contributed by atoms with Crippen molar-refractivity contribution in [2.75, 3.05) is 31.2 Å². The van der Waals surface area contributed by atoms with E-state index in [2.05, 4.69) is 16.0 Å². The predicted molar refractivity (Wildman–Crippen MR) is 105 cm³/mol. The zero-order valence-corrected chi connectivity index (χ0v) is 15.2. The molecule has 3 aromatic rings. The van der Waals surface area contributed by atoms with E-state index in [0.29, 0.717) is 25.2 Å². The second-order valence-electron chi connectivity index (χ2n) is 6.85. The summed E-state index contributed by atoms with van der Waals surface area (Å²) < 4.78 is 5.43. The lowest BCUT2D eigenvalue weighted by molar-refractivity contribution is -0.385. The van der Waals surface area contributed by atoms with E-state index in [1.54, 1.807) is 0 Å².